The van der Waals surface area contributed by atoms with Gasteiger partial charge in [0.25, 0.3) is 0 Å². The fourth-order valence-corrected chi connectivity index (χ4v) is 21.4. The van der Waals surface area contributed by atoms with Gasteiger partial charge in [-0.1, -0.05) is 291 Å². The number of ether oxygens (including phenoxy) is 2. The van der Waals surface area contributed by atoms with E-state index in [1.807, 2.05) is 0 Å². The van der Waals surface area contributed by atoms with E-state index < -0.39 is 32.5 Å². The summed E-state index contributed by atoms with van der Waals surface area (Å²) in [5.41, 5.74) is 29.9. The topological polar surface area (TPSA) is 52.6 Å². The van der Waals surface area contributed by atoms with Crippen molar-refractivity contribution in [1.82, 2.24) is 0 Å². The molecule has 4 heteroatoms. The second-order valence-electron chi connectivity index (χ2n) is 29.7. The summed E-state index contributed by atoms with van der Waals surface area (Å²) in [6, 6.07) is 111. The van der Waals surface area contributed by atoms with Crippen molar-refractivity contribution in [3.05, 3.63) is 358 Å². The molecule has 490 valence electrons. The number of carbonyl (C=O) groups is 2. The number of benzene rings is 12. The van der Waals surface area contributed by atoms with Crippen molar-refractivity contribution in [1.29, 1.82) is 0 Å². The molecule has 0 aromatic heterocycles. The maximum atomic E-state index is 13.6. The number of esters is 2. The number of methoxy groups -OCH3 is 2. The van der Waals surface area contributed by atoms with Crippen LogP contribution in [0.15, 0.2) is 291 Å². The summed E-state index contributed by atoms with van der Waals surface area (Å²) in [5, 5.41) is 0. The fraction of sp³-hybridized carbons (Fsp3) is 0.229. The predicted octanol–water partition coefficient (Wildman–Crippen LogP) is 22.6. The van der Waals surface area contributed by atoms with Gasteiger partial charge >= 0.3 is 11.9 Å². The maximum absolute atomic E-state index is 13.6. The lowest BCUT2D eigenvalue weighted by Crippen LogP contribution is -2.37. The largest absolute Gasteiger partial charge is 0.469 e. The first-order valence-electron chi connectivity index (χ1n) is 36.5. The van der Waals surface area contributed by atoms with Crippen LogP contribution in [-0.2, 0) is 51.6 Å². The molecule has 0 saturated heterocycles. The Kier molecular flexibility index (Phi) is 15.0. The third-order valence-corrected chi connectivity index (χ3v) is 25.9. The lowest BCUT2D eigenvalue weighted by Gasteiger charge is -2.44. The number of carbonyl (C=O) groups excluding carboxylic acids is 2. The number of fused-ring (bicyclic) bond motifs is 18. The summed E-state index contributed by atoms with van der Waals surface area (Å²) >= 11 is 0. The zero-order valence-electron chi connectivity index (χ0n) is 57.2. The molecule has 6 aliphatic rings. The van der Waals surface area contributed by atoms with Crippen molar-refractivity contribution in [2.24, 2.45) is 0 Å². The van der Waals surface area contributed by atoms with Crippen molar-refractivity contribution in [2.45, 2.75) is 122 Å². The molecule has 0 N–H and O–H groups in total. The summed E-state index contributed by atoms with van der Waals surface area (Å²) in [5.74, 6) is -0.345. The van der Waals surface area contributed by atoms with Crippen LogP contribution >= 0.6 is 0 Å². The quantitative estimate of drug-likeness (QED) is 0.0673. The molecule has 0 bridgehead atoms. The summed E-state index contributed by atoms with van der Waals surface area (Å²) in [4.78, 5) is 27.2. The Morgan fingerprint density at radius 2 is 0.300 bits per heavy atom. The van der Waals surface area contributed by atoms with Crippen molar-refractivity contribution in [3.8, 4) is 66.8 Å². The average Bonchev–Trinajstić information content (AvgIpc) is 1.56. The van der Waals surface area contributed by atoms with Gasteiger partial charge in [-0.3, -0.25) is 9.59 Å². The van der Waals surface area contributed by atoms with Gasteiger partial charge in [-0.25, -0.2) is 0 Å². The first-order chi connectivity index (χ1) is 49.2. The maximum Gasteiger partial charge on any atom is 0.305 e. The normalized spacial score (nSPS) is 16.2. The Balaban J connectivity index is 0.792. The van der Waals surface area contributed by atoms with Gasteiger partial charge in [0.15, 0.2) is 0 Å². The van der Waals surface area contributed by atoms with Crippen molar-refractivity contribution in [3.63, 3.8) is 0 Å². The predicted molar refractivity (Wildman–Crippen MR) is 405 cm³/mol. The summed E-state index contributed by atoms with van der Waals surface area (Å²) in [6.45, 7) is 0. The smallest absolute Gasteiger partial charge is 0.305 e. The van der Waals surface area contributed by atoms with E-state index in [0.29, 0.717) is 25.7 Å². The Morgan fingerprint density at radius 1 is 0.190 bits per heavy atom. The molecule has 6 aliphatic carbocycles. The number of rotatable bonds is 21. The van der Waals surface area contributed by atoms with Crippen LogP contribution in [0.1, 0.15) is 157 Å². The van der Waals surface area contributed by atoms with Gasteiger partial charge in [-0.05, 0) is 211 Å². The van der Waals surface area contributed by atoms with Crippen molar-refractivity contribution in [2.75, 3.05) is 14.2 Å². The zero-order chi connectivity index (χ0) is 67.3. The third kappa shape index (κ3) is 9.10. The molecular formula is C96H82O4. The van der Waals surface area contributed by atoms with E-state index >= 15 is 0 Å². The molecule has 18 rings (SSSR count). The highest BCUT2D eigenvalue weighted by Gasteiger charge is 2.55. The molecule has 100 heavy (non-hydrogen) atoms. The second-order valence-corrected chi connectivity index (χ2v) is 29.7. The average molecular weight is 1300 g/mol. The van der Waals surface area contributed by atoms with Gasteiger partial charge in [0.05, 0.1) is 14.2 Å². The molecule has 0 fully saturated rings. The van der Waals surface area contributed by atoms with Gasteiger partial charge in [0.2, 0.25) is 0 Å². The Bertz CT molecular complexity index is 4640. The van der Waals surface area contributed by atoms with E-state index in [4.69, 9.17) is 9.47 Å². The van der Waals surface area contributed by atoms with E-state index in [-0.39, 0.29) is 11.9 Å². The summed E-state index contributed by atoms with van der Waals surface area (Å²) in [6.07, 6.45) is 10.8. The van der Waals surface area contributed by atoms with E-state index in [9.17, 15) is 9.59 Å². The second kappa shape index (κ2) is 24.2. The Hall–Kier alpha value is -10.4. The molecule has 0 unspecified atom stereocenters. The van der Waals surface area contributed by atoms with Crippen LogP contribution in [0.5, 0.6) is 0 Å². The molecule has 12 aromatic carbocycles. The van der Waals surface area contributed by atoms with Crippen LogP contribution in [0.25, 0.3) is 66.8 Å². The third-order valence-electron chi connectivity index (χ3n) is 25.9. The molecular weight excluding hydrogens is 1220 g/mol. The SMILES string of the molecule is COC(=O)CCC1(CCC2(CCC3(CCC4(CCC5(CCC6(CCC(=O)OC)c7ccccc7-c7ccccc76)c6ccccc6-c6ccccc65)c5ccccc5-c5ccccc54)c4ccccc4-c4ccccc43)c3ccccc3-c3ccccc32)c2ccccc2-c2ccccc21. The Labute approximate surface area is 588 Å². The lowest BCUT2D eigenvalue weighted by atomic mass is 9.59. The zero-order valence-corrected chi connectivity index (χ0v) is 57.2. The van der Waals surface area contributed by atoms with Crippen LogP contribution in [0.3, 0.4) is 0 Å². The lowest BCUT2D eigenvalue weighted by molar-refractivity contribution is -0.141. The Morgan fingerprint density at radius 3 is 0.420 bits per heavy atom. The van der Waals surface area contributed by atoms with Crippen LogP contribution < -0.4 is 0 Å². The van der Waals surface area contributed by atoms with Crippen LogP contribution in [0.2, 0.25) is 0 Å². The van der Waals surface area contributed by atoms with Gasteiger partial charge < -0.3 is 9.47 Å². The number of hydrogen-bond acceptors (Lipinski definition) is 4. The van der Waals surface area contributed by atoms with Gasteiger partial charge in [0.1, 0.15) is 0 Å². The molecule has 0 radical (unpaired) electrons. The van der Waals surface area contributed by atoms with Crippen LogP contribution in [0, 0.1) is 0 Å². The highest BCUT2D eigenvalue weighted by Crippen LogP contribution is 2.66. The standard InChI is InChI=1S/C96H82O4/c1-99-89(97)51-53-91(77-39-15-3-27-65(77)66-28-4-16-40-78(66)91)55-57-93(81-43-19-7-31-69(81)70-32-8-20-44-82(70)93)59-61-95(85-47-23-11-35-73(85)74-36-12-24-48-86(74)95)63-64-96(87-49-25-13-37-75(87)76-38-14-26-50-88(76)96)62-60-94(83-45-21-9-33-71(83)72-34-10-22-46-84(72)94)58-56-92(54-52-90(98)100-2)79-41-17-5-29-67(79)68-30-6-18-42-80(68)92/h3-50H,51-64H2,1-2H3. The molecule has 4 nitrogen and oxygen atoms in total. The van der Waals surface area contributed by atoms with Gasteiger partial charge in [-0.2, -0.15) is 0 Å². The van der Waals surface area contributed by atoms with E-state index in [2.05, 4.69) is 291 Å². The van der Waals surface area contributed by atoms with Gasteiger partial charge in [-0.15, -0.1) is 0 Å². The molecule has 0 heterocycles. The highest BCUT2D eigenvalue weighted by atomic mass is 16.5. The van der Waals surface area contributed by atoms with E-state index in [0.717, 1.165) is 64.2 Å². The molecule has 0 atom stereocenters. The first-order valence-corrected chi connectivity index (χ1v) is 36.5. The fourth-order valence-electron chi connectivity index (χ4n) is 21.4. The highest BCUT2D eigenvalue weighted by molar-refractivity contribution is 5.88. The van der Waals surface area contributed by atoms with E-state index in [1.165, 1.54) is 148 Å². The summed E-state index contributed by atoms with van der Waals surface area (Å²) in [7, 11) is 3.06. The molecule has 0 amide bonds. The minimum absolute atomic E-state index is 0.173. The molecule has 0 spiro atoms. The monoisotopic (exact) mass is 1300 g/mol. The first kappa shape index (κ1) is 61.9. The molecule has 0 saturated carbocycles. The number of hydrogen-bond donors (Lipinski definition) is 0. The van der Waals surface area contributed by atoms with Crippen molar-refractivity contribution < 1.29 is 19.1 Å². The minimum Gasteiger partial charge on any atom is -0.469 e. The minimum atomic E-state index is -0.436. The van der Waals surface area contributed by atoms with Crippen LogP contribution in [0.4, 0.5) is 0 Å². The van der Waals surface area contributed by atoms with Crippen molar-refractivity contribution >= 4 is 11.9 Å². The molecule has 0 aliphatic heterocycles. The van der Waals surface area contributed by atoms with Gasteiger partial charge in [0, 0.05) is 45.3 Å². The molecule has 12 aromatic rings. The van der Waals surface area contributed by atoms with E-state index in [1.54, 1.807) is 0 Å². The summed E-state index contributed by atoms with van der Waals surface area (Å²) < 4.78 is 11.0. The van der Waals surface area contributed by atoms with Crippen LogP contribution in [-0.4, -0.2) is 26.2 Å².